The van der Waals surface area contributed by atoms with Crippen molar-refractivity contribution in [3.8, 4) is 0 Å². The molecule has 0 saturated carbocycles. The number of hydrogen-bond acceptors (Lipinski definition) is 4. The molecule has 2 rings (SSSR count). The van der Waals surface area contributed by atoms with Crippen LogP contribution in [0.2, 0.25) is 0 Å². The van der Waals surface area contributed by atoms with E-state index in [1.165, 1.54) is 0 Å². The van der Waals surface area contributed by atoms with Gasteiger partial charge in [-0.3, -0.25) is 4.79 Å². The van der Waals surface area contributed by atoms with Crippen LogP contribution in [0.3, 0.4) is 0 Å². The van der Waals surface area contributed by atoms with E-state index < -0.39 is 0 Å². The van der Waals surface area contributed by atoms with Crippen LogP contribution in [0.15, 0.2) is 5.38 Å². The quantitative estimate of drug-likeness (QED) is 0.901. The second-order valence-electron chi connectivity index (χ2n) is 6.04. The number of carbonyl (C=O) groups is 1. The summed E-state index contributed by atoms with van der Waals surface area (Å²) < 4.78 is 0. The number of aryl methyl sites for hydroxylation is 1. The number of amides is 1. The third kappa shape index (κ3) is 3.93. The van der Waals surface area contributed by atoms with Crippen LogP contribution in [0, 0.1) is 12.3 Å². The molecule has 0 radical (unpaired) electrons. The van der Waals surface area contributed by atoms with Crippen molar-refractivity contribution in [2.24, 2.45) is 5.41 Å². The Morgan fingerprint density at radius 2 is 2.30 bits per heavy atom. The SMILES string of the molecule is Cc1csc(C(C)NC(=O)C2NCCCC2(C)C)n1.Cl. The van der Waals surface area contributed by atoms with Crippen molar-refractivity contribution in [1.29, 1.82) is 0 Å². The lowest BCUT2D eigenvalue weighted by Gasteiger charge is -2.38. The van der Waals surface area contributed by atoms with Crippen LogP contribution >= 0.6 is 23.7 Å². The van der Waals surface area contributed by atoms with Gasteiger partial charge in [0.25, 0.3) is 0 Å². The Morgan fingerprint density at radius 3 is 2.85 bits per heavy atom. The Morgan fingerprint density at radius 1 is 1.60 bits per heavy atom. The molecule has 1 aliphatic rings. The van der Waals surface area contributed by atoms with Crippen molar-refractivity contribution < 1.29 is 4.79 Å². The van der Waals surface area contributed by atoms with Crippen LogP contribution in [0.25, 0.3) is 0 Å². The number of rotatable bonds is 3. The van der Waals surface area contributed by atoms with Gasteiger partial charge in [-0.1, -0.05) is 13.8 Å². The van der Waals surface area contributed by atoms with Gasteiger partial charge in [0, 0.05) is 11.1 Å². The first kappa shape index (κ1) is 17.4. The largest absolute Gasteiger partial charge is 0.346 e. The monoisotopic (exact) mass is 317 g/mol. The van der Waals surface area contributed by atoms with Crippen molar-refractivity contribution in [2.45, 2.75) is 52.6 Å². The van der Waals surface area contributed by atoms with E-state index in [2.05, 4.69) is 29.5 Å². The minimum atomic E-state index is -0.107. The predicted molar refractivity (Wildman–Crippen MR) is 85.5 cm³/mol. The van der Waals surface area contributed by atoms with Gasteiger partial charge in [-0.15, -0.1) is 23.7 Å². The molecule has 2 unspecified atom stereocenters. The predicted octanol–water partition coefficient (Wildman–Crippen LogP) is 2.83. The smallest absolute Gasteiger partial charge is 0.238 e. The van der Waals surface area contributed by atoms with Crippen LogP contribution in [0.5, 0.6) is 0 Å². The van der Waals surface area contributed by atoms with Gasteiger partial charge in [-0.05, 0) is 38.6 Å². The molecule has 2 atom stereocenters. The van der Waals surface area contributed by atoms with E-state index in [-0.39, 0.29) is 35.8 Å². The molecule has 0 spiro atoms. The number of nitrogens with one attached hydrogen (secondary N) is 2. The lowest BCUT2D eigenvalue weighted by Crippen LogP contribution is -2.55. The van der Waals surface area contributed by atoms with Crippen molar-refractivity contribution >= 4 is 29.7 Å². The zero-order chi connectivity index (χ0) is 14.0. The molecular formula is C14H24ClN3OS. The Balaban J connectivity index is 0.00000200. The summed E-state index contributed by atoms with van der Waals surface area (Å²) in [5.41, 5.74) is 1.03. The highest BCUT2D eigenvalue weighted by molar-refractivity contribution is 7.09. The van der Waals surface area contributed by atoms with Gasteiger partial charge in [-0.2, -0.15) is 0 Å². The van der Waals surface area contributed by atoms with Crippen LogP contribution in [-0.2, 0) is 4.79 Å². The molecule has 1 saturated heterocycles. The molecule has 1 fully saturated rings. The van der Waals surface area contributed by atoms with Crippen molar-refractivity contribution in [2.75, 3.05) is 6.54 Å². The zero-order valence-corrected chi connectivity index (χ0v) is 14.2. The number of thiazole rings is 1. The summed E-state index contributed by atoms with van der Waals surface area (Å²) in [4.78, 5) is 16.8. The fraction of sp³-hybridized carbons (Fsp3) is 0.714. The lowest BCUT2D eigenvalue weighted by molar-refractivity contribution is -0.127. The van der Waals surface area contributed by atoms with Gasteiger partial charge in [-0.25, -0.2) is 4.98 Å². The number of carbonyl (C=O) groups excluding carboxylic acids is 1. The average molecular weight is 318 g/mol. The van der Waals surface area contributed by atoms with E-state index in [1.807, 2.05) is 19.2 Å². The molecular weight excluding hydrogens is 294 g/mol. The Hall–Kier alpha value is -0.650. The summed E-state index contributed by atoms with van der Waals surface area (Å²) in [6.07, 6.45) is 2.22. The first-order chi connectivity index (χ1) is 8.90. The fourth-order valence-electron chi connectivity index (χ4n) is 2.59. The summed E-state index contributed by atoms with van der Waals surface area (Å²) in [7, 11) is 0. The number of hydrogen-bond donors (Lipinski definition) is 2. The summed E-state index contributed by atoms with van der Waals surface area (Å²) in [6, 6.07) is -0.129. The molecule has 1 amide bonds. The van der Waals surface area contributed by atoms with Crippen LogP contribution in [0.4, 0.5) is 0 Å². The molecule has 1 aromatic rings. The third-order valence-electron chi connectivity index (χ3n) is 3.76. The van der Waals surface area contributed by atoms with E-state index in [4.69, 9.17) is 0 Å². The first-order valence-corrected chi connectivity index (χ1v) is 7.74. The Kier molecular flexibility index (Phi) is 5.98. The number of halogens is 1. The second kappa shape index (κ2) is 6.87. The average Bonchev–Trinajstić information content (AvgIpc) is 2.75. The molecule has 6 heteroatoms. The summed E-state index contributed by atoms with van der Waals surface area (Å²) in [5, 5.41) is 9.41. The molecule has 0 aromatic carbocycles. The number of piperidine rings is 1. The zero-order valence-electron chi connectivity index (χ0n) is 12.5. The number of nitrogens with zero attached hydrogens (tertiary/aromatic N) is 1. The molecule has 20 heavy (non-hydrogen) atoms. The highest BCUT2D eigenvalue weighted by Gasteiger charge is 2.37. The van der Waals surface area contributed by atoms with Gasteiger partial charge >= 0.3 is 0 Å². The molecule has 1 aromatic heterocycles. The van der Waals surface area contributed by atoms with E-state index >= 15 is 0 Å². The van der Waals surface area contributed by atoms with Crippen LogP contribution in [-0.4, -0.2) is 23.5 Å². The third-order valence-corrected chi connectivity index (χ3v) is 4.90. The Bertz CT molecular complexity index is 461. The van der Waals surface area contributed by atoms with Crippen LogP contribution in [0.1, 0.15) is 50.4 Å². The summed E-state index contributed by atoms with van der Waals surface area (Å²) >= 11 is 1.60. The molecule has 114 valence electrons. The van der Waals surface area contributed by atoms with Crippen molar-refractivity contribution in [1.82, 2.24) is 15.6 Å². The molecule has 2 N–H and O–H groups in total. The minimum absolute atomic E-state index is 0. The standard InChI is InChI=1S/C14H23N3OS.ClH/c1-9-8-19-13(16-9)10(2)17-12(18)11-14(3,4)6-5-7-15-11;/h8,10-11,15H,5-7H2,1-4H3,(H,17,18);1H. The summed E-state index contributed by atoms with van der Waals surface area (Å²) in [5.74, 6) is 0.0880. The maximum Gasteiger partial charge on any atom is 0.238 e. The van der Waals surface area contributed by atoms with E-state index in [0.717, 1.165) is 30.1 Å². The van der Waals surface area contributed by atoms with Crippen molar-refractivity contribution in [3.05, 3.63) is 16.1 Å². The topological polar surface area (TPSA) is 54.0 Å². The molecule has 1 aliphatic heterocycles. The normalized spacial score (nSPS) is 22.7. The number of aromatic nitrogens is 1. The Labute approximate surface area is 131 Å². The summed E-state index contributed by atoms with van der Waals surface area (Å²) in [6.45, 7) is 9.20. The molecule has 4 nitrogen and oxygen atoms in total. The maximum absolute atomic E-state index is 12.4. The molecule has 2 heterocycles. The molecule has 0 aliphatic carbocycles. The molecule has 0 bridgehead atoms. The highest BCUT2D eigenvalue weighted by Crippen LogP contribution is 2.30. The maximum atomic E-state index is 12.4. The second-order valence-corrected chi connectivity index (χ2v) is 6.93. The van der Waals surface area contributed by atoms with Gasteiger partial charge in [0.05, 0.1) is 12.1 Å². The van der Waals surface area contributed by atoms with E-state index in [0.29, 0.717) is 0 Å². The van der Waals surface area contributed by atoms with Gasteiger partial charge < -0.3 is 10.6 Å². The van der Waals surface area contributed by atoms with Gasteiger partial charge in [0.2, 0.25) is 5.91 Å². The van der Waals surface area contributed by atoms with Gasteiger partial charge in [0.1, 0.15) is 5.01 Å². The minimum Gasteiger partial charge on any atom is -0.346 e. The van der Waals surface area contributed by atoms with Gasteiger partial charge in [0.15, 0.2) is 0 Å². The van der Waals surface area contributed by atoms with Crippen molar-refractivity contribution in [3.63, 3.8) is 0 Å². The lowest BCUT2D eigenvalue weighted by atomic mass is 9.77. The van der Waals surface area contributed by atoms with E-state index in [1.54, 1.807) is 11.3 Å². The first-order valence-electron chi connectivity index (χ1n) is 6.86. The highest BCUT2D eigenvalue weighted by atomic mass is 35.5. The fourth-order valence-corrected chi connectivity index (χ4v) is 3.39. The van der Waals surface area contributed by atoms with E-state index in [9.17, 15) is 4.79 Å². The van der Waals surface area contributed by atoms with Crippen LogP contribution < -0.4 is 10.6 Å².